The standard InChI is InChI=1S/C17H17FN2O4S2/c18-13-6-8-14(9-7-13)19-16-20-17(10-21,12-25-16)11-24-26(22,23)15-4-2-1-3-5-15/h1-9,21H,10-12H2,(H,19,20). The lowest BCUT2D eigenvalue weighted by Gasteiger charge is -2.21. The molecule has 0 saturated carbocycles. The van der Waals surface area contributed by atoms with E-state index < -0.39 is 15.7 Å². The fourth-order valence-electron chi connectivity index (χ4n) is 2.25. The van der Waals surface area contributed by atoms with Crippen LogP contribution in [0.5, 0.6) is 0 Å². The molecule has 3 rings (SSSR count). The number of anilines is 1. The van der Waals surface area contributed by atoms with Crippen LogP contribution in [0.2, 0.25) is 0 Å². The summed E-state index contributed by atoms with van der Waals surface area (Å²) in [5.74, 6) is 0.0120. The predicted molar refractivity (Wildman–Crippen MR) is 99.3 cm³/mol. The zero-order valence-corrected chi connectivity index (χ0v) is 15.3. The van der Waals surface area contributed by atoms with E-state index in [-0.39, 0.29) is 23.9 Å². The molecular formula is C17H17FN2O4S2. The average molecular weight is 396 g/mol. The molecule has 2 aromatic rings. The van der Waals surface area contributed by atoms with Crippen molar-refractivity contribution in [1.82, 2.24) is 0 Å². The molecular weight excluding hydrogens is 379 g/mol. The molecule has 6 nitrogen and oxygen atoms in total. The number of aliphatic imine (C=N–C) groups is 1. The van der Waals surface area contributed by atoms with Gasteiger partial charge in [0.2, 0.25) is 0 Å². The number of nitrogens with one attached hydrogen (secondary N) is 1. The van der Waals surface area contributed by atoms with Crippen LogP contribution in [-0.2, 0) is 14.3 Å². The molecule has 0 spiro atoms. The summed E-state index contributed by atoms with van der Waals surface area (Å²) in [6, 6.07) is 13.6. The monoisotopic (exact) mass is 396 g/mol. The van der Waals surface area contributed by atoms with Crippen molar-refractivity contribution in [2.75, 3.05) is 24.3 Å². The van der Waals surface area contributed by atoms with Crippen LogP contribution in [0.25, 0.3) is 0 Å². The van der Waals surface area contributed by atoms with Gasteiger partial charge in [-0.1, -0.05) is 30.0 Å². The highest BCUT2D eigenvalue weighted by molar-refractivity contribution is 8.14. The van der Waals surface area contributed by atoms with E-state index in [1.54, 1.807) is 30.3 Å². The lowest BCUT2D eigenvalue weighted by Crippen LogP contribution is -2.38. The fraction of sp³-hybridized carbons (Fsp3) is 0.235. The van der Waals surface area contributed by atoms with Crippen molar-refractivity contribution in [3.8, 4) is 0 Å². The number of aliphatic hydroxyl groups is 1. The molecule has 0 bridgehead atoms. The van der Waals surface area contributed by atoms with Crippen molar-refractivity contribution in [3.63, 3.8) is 0 Å². The molecule has 1 unspecified atom stereocenters. The number of aliphatic hydroxyl groups excluding tert-OH is 1. The van der Waals surface area contributed by atoms with Gasteiger partial charge in [0.05, 0.1) is 18.1 Å². The minimum atomic E-state index is -3.93. The van der Waals surface area contributed by atoms with Gasteiger partial charge in [-0.15, -0.1) is 0 Å². The molecule has 0 saturated heterocycles. The van der Waals surface area contributed by atoms with E-state index in [0.29, 0.717) is 16.6 Å². The van der Waals surface area contributed by atoms with Crippen molar-refractivity contribution >= 4 is 32.7 Å². The van der Waals surface area contributed by atoms with Crippen LogP contribution in [0.1, 0.15) is 0 Å². The SMILES string of the molecule is O=S(=O)(OCC1(CO)CSC(Nc2ccc(F)cc2)=N1)c1ccccc1. The third-order valence-electron chi connectivity index (χ3n) is 3.72. The Morgan fingerprint density at radius 3 is 2.54 bits per heavy atom. The van der Waals surface area contributed by atoms with Gasteiger partial charge >= 0.3 is 0 Å². The Kier molecular flexibility index (Phi) is 5.61. The molecule has 0 aliphatic carbocycles. The molecule has 138 valence electrons. The Hall–Kier alpha value is -1.94. The first-order valence-corrected chi connectivity index (χ1v) is 10.1. The van der Waals surface area contributed by atoms with Gasteiger partial charge in [-0.25, -0.2) is 9.38 Å². The lowest BCUT2D eigenvalue weighted by atomic mass is 10.1. The Morgan fingerprint density at radius 1 is 1.19 bits per heavy atom. The van der Waals surface area contributed by atoms with Gasteiger partial charge in [0, 0.05) is 11.4 Å². The van der Waals surface area contributed by atoms with Crippen molar-refractivity contribution < 1.29 is 22.1 Å². The Labute approximate surface area is 155 Å². The van der Waals surface area contributed by atoms with Gasteiger partial charge < -0.3 is 10.4 Å². The quantitative estimate of drug-likeness (QED) is 0.730. The molecule has 1 heterocycles. The Balaban J connectivity index is 1.69. The van der Waals surface area contributed by atoms with Crippen LogP contribution >= 0.6 is 11.8 Å². The zero-order chi connectivity index (χ0) is 18.6. The number of thioether (sulfide) groups is 1. The fourth-order valence-corrected chi connectivity index (χ4v) is 4.34. The van der Waals surface area contributed by atoms with Crippen molar-refractivity contribution in [1.29, 1.82) is 0 Å². The highest BCUT2D eigenvalue weighted by Gasteiger charge is 2.37. The number of benzene rings is 2. The smallest absolute Gasteiger partial charge is 0.297 e. The summed E-state index contributed by atoms with van der Waals surface area (Å²) in [5, 5.41) is 13.3. The molecule has 0 amide bonds. The topological polar surface area (TPSA) is 88.0 Å². The highest BCUT2D eigenvalue weighted by Crippen LogP contribution is 2.30. The molecule has 0 fully saturated rings. The number of rotatable bonds is 6. The summed E-state index contributed by atoms with van der Waals surface area (Å²) >= 11 is 1.33. The van der Waals surface area contributed by atoms with E-state index in [2.05, 4.69) is 10.3 Å². The van der Waals surface area contributed by atoms with Crippen LogP contribution in [0, 0.1) is 5.82 Å². The van der Waals surface area contributed by atoms with Crippen molar-refractivity contribution in [3.05, 3.63) is 60.4 Å². The van der Waals surface area contributed by atoms with E-state index in [9.17, 15) is 17.9 Å². The maximum Gasteiger partial charge on any atom is 0.297 e. The first-order chi connectivity index (χ1) is 12.4. The van der Waals surface area contributed by atoms with Crippen LogP contribution in [0.15, 0.2) is 64.5 Å². The van der Waals surface area contributed by atoms with E-state index >= 15 is 0 Å². The number of halogens is 1. The van der Waals surface area contributed by atoms with E-state index in [1.165, 1.54) is 36.0 Å². The third-order valence-corrected chi connectivity index (χ3v) is 6.15. The maximum absolute atomic E-state index is 13.0. The van der Waals surface area contributed by atoms with Crippen LogP contribution in [0.3, 0.4) is 0 Å². The molecule has 0 aromatic heterocycles. The van der Waals surface area contributed by atoms with Gasteiger partial charge in [0.25, 0.3) is 10.1 Å². The molecule has 1 aliphatic heterocycles. The van der Waals surface area contributed by atoms with Gasteiger partial charge in [-0.05, 0) is 36.4 Å². The van der Waals surface area contributed by atoms with E-state index in [0.717, 1.165) is 0 Å². The lowest BCUT2D eigenvalue weighted by molar-refractivity contribution is 0.156. The zero-order valence-electron chi connectivity index (χ0n) is 13.6. The van der Waals surface area contributed by atoms with E-state index in [4.69, 9.17) is 4.18 Å². The summed E-state index contributed by atoms with van der Waals surface area (Å²) < 4.78 is 42.6. The minimum Gasteiger partial charge on any atom is -0.394 e. The Morgan fingerprint density at radius 2 is 1.88 bits per heavy atom. The van der Waals surface area contributed by atoms with E-state index in [1.807, 2.05) is 0 Å². The highest BCUT2D eigenvalue weighted by atomic mass is 32.2. The number of amidine groups is 1. The second-order valence-electron chi connectivity index (χ2n) is 5.75. The molecule has 9 heteroatoms. The van der Waals surface area contributed by atoms with Gasteiger partial charge in [0.15, 0.2) is 5.17 Å². The van der Waals surface area contributed by atoms with Crippen molar-refractivity contribution in [2.45, 2.75) is 10.4 Å². The predicted octanol–water partition coefficient (Wildman–Crippen LogP) is 2.48. The average Bonchev–Trinajstić information content (AvgIpc) is 3.06. The number of hydrogen-bond acceptors (Lipinski definition) is 7. The first-order valence-electron chi connectivity index (χ1n) is 7.73. The van der Waals surface area contributed by atoms with Crippen LogP contribution in [-0.4, -0.2) is 43.2 Å². The summed E-state index contributed by atoms with van der Waals surface area (Å²) in [6.07, 6.45) is 0. The molecule has 26 heavy (non-hydrogen) atoms. The normalized spacial score (nSPS) is 20.0. The minimum absolute atomic E-state index is 0.0485. The van der Waals surface area contributed by atoms with Crippen molar-refractivity contribution in [2.24, 2.45) is 4.99 Å². The van der Waals surface area contributed by atoms with Crippen LogP contribution < -0.4 is 5.32 Å². The molecule has 2 aromatic carbocycles. The Bertz CT molecular complexity index is 889. The summed E-state index contributed by atoms with van der Waals surface area (Å²) in [7, 11) is -3.93. The largest absolute Gasteiger partial charge is 0.394 e. The maximum atomic E-state index is 13.0. The summed E-state index contributed by atoms with van der Waals surface area (Å²) in [6.45, 7) is -0.638. The molecule has 2 N–H and O–H groups in total. The first kappa shape index (κ1) is 18.8. The molecule has 0 radical (unpaired) electrons. The third kappa shape index (κ3) is 4.42. The molecule has 1 aliphatic rings. The number of nitrogens with zero attached hydrogens (tertiary/aromatic N) is 1. The van der Waals surface area contributed by atoms with Crippen LogP contribution in [0.4, 0.5) is 10.1 Å². The number of hydrogen-bond donors (Lipinski definition) is 2. The molecule has 1 atom stereocenters. The summed E-state index contributed by atoms with van der Waals surface area (Å²) in [5.41, 5.74) is -0.418. The van der Waals surface area contributed by atoms with Gasteiger partial charge in [0.1, 0.15) is 11.4 Å². The van der Waals surface area contributed by atoms with Gasteiger partial charge in [-0.3, -0.25) is 4.18 Å². The summed E-state index contributed by atoms with van der Waals surface area (Å²) in [4.78, 5) is 4.44. The van der Waals surface area contributed by atoms with Gasteiger partial charge in [-0.2, -0.15) is 8.42 Å². The second kappa shape index (κ2) is 7.75. The second-order valence-corrected chi connectivity index (χ2v) is 8.33.